The molecular weight excluding hydrogens is 216 g/mol. The predicted octanol–water partition coefficient (Wildman–Crippen LogP) is 1.97. The maximum atomic E-state index is 11.6. The van der Waals surface area contributed by atoms with Gasteiger partial charge in [0.1, 0.15) is 17.8 Å². The lowest BCUT2D eigenvalue weighted by Crippen LogP contribution is -2.39. The highest BCUT2D eigenvalue weighted by Crippen LogP contribution is 2.29. The number of carbonyl (C=O) groups is 1. The number of aromatic nitrogens is 1. The summed E-state index contributed by atoms with van der Waals surface area (Å²) >= 11 is 5.58. The predicted molar refractivity (Wildman–Crippen MR) is 55.5 cm³/mol. The van der Waals surface area contributed by atoms with Crippen LogP contribution in [0.2, 0.25) is 0 Å². The van der Waals surface area contributed by atoms with Crippen molar-refractivity contribution in [1.82, 2.24) is 10.1 Å². The molecule has 0 saturated carbocycles. The van der Waals surface area contributed by atoms with Gasteiger partial charge < -0.3 is 9.42 Å². The van der Waals surface area contributed by atoms with Crippen LogP contribution in [-0.2, 0) is 4.79 Å². The molecule has 0 aromatic carbocycles. The fraction of sp³-hybridized carbons (Fsp3) is 0.600. The Bertz CT molecular complexity index is 326. The summed E-state index contributed by atoms with van der Waals surface area (Å²) in [6.07, 6.45) is 4.63. The summed E-state index contributed by atoms with van der Waals surface area (Å²) in [7, 11) is 0. The van der Waals surface area contributed by atoms with Crippen molar-refractivity contribution in [2.45, 2.75) is 25.3 Å². The molecule has 2 rings (SSSR count). The fourth-order valence-corrected chi connectivity index (χ4v) is 2.16. The number of hydrogen-bond acceptors (Lipinski definition) is 3. The van der Waals surface area contributed by atoms with E-state index in [1.165, 1.54) is 6.26 Å². The van der Waals surface area contributed by atoms with Crippen molar-refractivity contribution in [3.05, 3.63) is 18.0 Å². The van der Waals surface area contributed by atoms with Gasteiger partial charge in [0, 0.05) is 12.6 Å². The molecule has 0 aliphatic carbocycles. The second kappa shape index (κ2) is 4.66. The van der Waals surface area contributed by atoms with Gasteiger partial charge in [-0.25, -0.2) is 0 Å². The second-order valence-corrected chi connectivity index (χ2v) is 3.92. The van der Waals surface area contributed by atoms with Gasteiger partial charge in [0.05, 0.1) is 6.04 Å². The summed E-state index contributed by atoms with van der Waals surface area (Å²) in [5.41, 5.74) is 0.827. The van der Waals surface area contributed by atoms with E-state index in [0.29, 0.717) is 0 Å². The summed E-state index contributed by atoms with van der Waals surface area (Å²) < 4.78 is 4.81. The minimum atomic E-state index is -0.0237. The number of alkyl halides is 1. The highest BCUT2D eigenvalue weighted by atomic mass is 35.5. The first-order valence-corrected chi connectivity index (χ1v) is 5.62. The first kappa shape index (κ1) is 10.5. The summed E-state index contributed by atoms with van der Waals surface area (Å²) in [5.74, 6) is 0.0123. The lowest BCUT2D eigenvalue weighted by atomic mass is 9.99. The molecule has 0 N–H and O–H groups in total. The van der Waals surface area contributed by atoms with Crippen molar-refractivity contribution < 1.29 is 9.32 Å². The van der Waals surface area contributed by atoms with Crippen LogP contribution in [-0.4, -0.2) is 28.4 Å². The van der Waals surface area contributed by atoms with Crippen LogP contribution in [0.1, 0.15) is 31.0 Å². The minimum absolute atomic E-state index is 0.0237. The van der Waals surface area contributed by atoms with Gasteiger partial charge in [-0.1, -0.05) is 5.16 Å². The lowest BCUT2D eigenvalue weighted by Gasteiger charge is -2.34. The van der Waals surface area contributed by atoms with Crippen molar-refractivity contribution in [1.29, 1.82) is 0 Å². The topological polar surface area (TPSA) is 46.3 Å². The molecule has 1 saturated heterocycles. The highest BCUT2D eigenvalue weighted by Gasteiger charge is 2.28. The Morgan fingerprint density at radius 3 is 3.20 bits per heavy atom. The smallest absolute Gasteiger partial charge is 0.238 e. The quantitative estimate of drug-likeness (QED) is 0.727. The van der Waals surface area contributed by atoms with Gasteiger partial charge in [0.15, 0.2) is 0 Å². The Kier molecular flexibility index (Phi) is 3.26. The first-order valence-electron chi connectivity index (χ1n) is 5.08. The number of hydrogen-bond donors (Lipinski definition) is 0. The fourth-order valence-electron chi connectivity index (χ4n) is 2.01. The lowest BCUT2D eigenvalue weighted by molar-refractivity contribution is -0.132. The molecule has 0 radical (unpaired) electrons. The monoisotopic (exact) mass is 228 g/mol. The highest BCUT2D eigenvalue weighted by molar-refractivity contribution is 6.27. The summed E-state index contributed by atoms with van der Waals surface area (Å²) in [5, 5.41) is 3.89. The first-order chi connectivity index (χ1) is 7.33. The molecule has 5 heteroatoms. The van der Waals surface area contributed by atoms with Gasteiger partial charge in [-0.15, -0.1) is 11.6 Å². The van der Waals surface area contributed by atoms with Crippen LogP contribution in [0, 0.1) is 0 Å². The standard InChI is InChI=1S/C10H13ClN2O2/c11-7-10(14)13-5-2-1-3-9(13)8-4-6-15-12-8/h4,6,9H,1-3,5,7H2. The van der Waals surface area contributed by atoms with Gasteiger partial charge >= 0.3 is 0 Å². The van der Waals surface area contributed by atoms with Crippen LogP contribution in [0.4, 0.5) is 0 Å². The third-order valence-corrected chi connectivity index (χ3v) is 2.97. The third-order valence-electron chi connectivity index (χ3n) is 2.74. The van der Waals surface area contributed by atoms with E-state index in [0.717, 1.165) is 31.5 Å². The number of carbonyl (C=O) groups excluding carboxylic acids is 1. The molecule has 1 atom stereocenters. The van der Waals surface area contributed by atoms with Gasteiger partial charge in [-0.2, -0.15) is 0 Å². The third kappa shape index (κ3) is 2.15. The van der Waals surface area contributed by atoms with Gasteiger partial charge in [0.25, 0.3) is 0 Å². The molecule has 15 heavy (non-hydrogen) atoms. The zero-order valence-electron chi connectivity index (χ0n) is 8.36. The molecule has 1 fully saturated rings. The molecule has 2 heterocycles. The van der Waals surface area contributed by atoms with Gasteiger partial charge in [-0.3, -0.25) is 4.79 Å². The van der Waals surface area contributed by atoms with E-state index in [4.69, 9.17) is 16.1 Å². The van der Waals surface area contributed by atoms with E-state index in [-0.39, 0.29) is 17.8 Å². The molecule has 0 bridgehead atoms. The van der Waals surface area contributed by atoms with Crippen LogP contribution >= 0.6 is 11.6 Å². The van der Waals surface area contributed by atoms with Crippen LogP contribution in [0.5, 0.6) is 0 Å². The average Bonchev–Trinajstić information content (AvgIpc) is 2.81. The van der Waals surface area contributed by atoms with Crippen LogP contribution in [0.3, 0.4) is 0 Å². The second-order valence-electron chi connectivity index (χ2n) is 3.66. The number of nitrogens with zero attached hydrogens (tertiary/aromatic N) is 2. The van der Waals surface area contributed by atoms with Crippen LogP contribution in [0.25, 0.3) is 0 Å². The summed E-state index contributed by atoms with van der Waals surface area (Å²) in [4.78, 5) is 13.4. The SMILES string of the molecule is O=C(CCl)N1CCCCC1c1ccon1. The molecule has 1 aliphatic heterocycles. The molecule has 1 amide bonds. The molecule has 1 unspecified atom stereocenters. The zero-order valence-corrected chi connectivity index (χ0v) is 9.11. The van der Waals surface area contributed by atoms with E-state index in [1.54, 1.807) is 4.90 Å². The maximum Gasteiger partial charge on any atom is 0.238 e. The van der Waals surface area contributed by atoms with Crippen molar-refractivity contribution in [3.8, 4) is 0 Å². The Morgan fingerprint density at radius 2 is 2.53 bits per heavy atom. The molecule has 1 aliphatic rings. The van der Waals surface area contributed by atoms with Crippen molar-refractivity contribution in [2.24, 2.45) is 0 Å². The van der Waals surface area contributed by atoms with Crippen molar-refractivity contribution >= 4 is 17.5 Å². The number of likely N-dealkylation sites (tertiary alicyclic amines) is 1. The average molecular weight is 229 g/mol. The zero-order chi connectivity index (χ0) is 10.7. The molecule has 82 valence electrons. The number of amides is 1. The Balaban J connectivity index is 2.16. The summed E-state index contributed by atoms with van der Waals surface area (Å²) in [6, 6.07) is 1.86. The number of halogens is 1. The molecule has 1 aromatic rings. The van der Waals surface area contributed by atoms with Gasteiger partial charge in [0.2, 0.25) is 5.91 Å². The largest absolute Gasteiger partial charge is 0.364 e. The minimum Gasteiger partial charge on any atom is -0.364 e. The molecule has 1 aromatic heterocycles. The molecule has 4 nitrogen and oxygen atoms in total. The molecule has 0 spiro atoms. The van der Waals surface area contributed by atoms with E-state index in [9.17, 15) is 4.79 Å². The normalized spacial score (nSPS) is 21.7. The summed E-state index contributed by atoms with van der Waals surface area (Å²) in [6.45, 7) is 0.767. The van der Waals surface area contributed by atoms with E-state index < -0.39 is 0 Å². The van der Waals surface area contributed by atoms with E-state index >= 15 is 0 Å². The van der Waals surface area contributed by atoms with Crippen molar-refractivity contribution in [2.75, 3.05) is 12.4 Å². The van der Waals surface area contributed by atoms with Gasteiger partial charge in [-0.05, 0) is 19.3 Å². The van der Waals surface area contributed by atoms with Crippen LogP contribution < -0.4 is 0 Å². The Hall–Kier alpha value is -1.03. The Labute approximate surface area is 93.2 Å². The molecular formula is C10H13ClN2O2. The van der Waals surface area contributed by atoms with Crippen molar-refractivity contribution in [3.63, 3.8) is 0 Å². The Morgan fingerprint density at radius 1 is 1.67 bits per heavy atom. The van der Waals surface area contributed by atoms with E-state index in [2.05, 4.69) is 5.16 Å². The number of rotatable bonds is 2. The number of piperidine rings is 1. The maximum absolute atomic E-state index is 11.6. The van der Waals surface area contributed by atoms with Crippen LogP contribution in [0.15, 0.2) is 16.9 Å². The van der Waals surface area contributed by atoms with E-state index in [1.807, 2.05) is 6.07 Å².